The van der Waals surface area contributed by atoms with Crippen LogP contribution in [0, 0.1) is 5.92 Å². The molecule has 3 atom stereocenters. The summed E-state index contributed by atoms with van der Waals surface area (Å²) in [6, 6.07) is 7.87. The number of fused-ring (bicyclic) bond motifs is 2. The van der Waals surface area contributed by atoms with Crippen LogP contribution in [0.25, 0.3) is 10.4 Å². The molecule has 0 radical (unpaired) electrons. The molecule has 1 unspecified atom stereocenters. The van der Waals surface area contributed by atoms with Gasteiger partial charge >= 0.3 is 0 Å². The fraction of sp³-hybridized carbons (Fsp3) is 0.412. The van der Waals surface area contributed by atoms with Gasteiger partial charge in [-0.1, -0.05) is 23.7 Å². The third-order valence-electron chi connectivity index (χ3n) is 4.61. The van der Waals surface area contributed by atoms with Gasteiger partial charge in [-0.15, -0.1) is 11.3 Å². The Bertz CT molecular complexity index is 720. The molecule has 3 heterocycles. The van der Waals surface area contributed by atoms with Crippen LogP contribution in [0.3, 0.4) is 0 Å². The number of halogens is 1. The lowest BCUT2D eigenvalue weighted by atomic mass is 9.97. The maximum Gasteiger partial charge on any atom is 0.280 e. The highest BCUT2D eigenvalue weighted by Gasteiger charge is 2.33. The smallest absolute Gasteiger partial charge is 0.280 e. The second-order valence-corrected chi connectivity index (χ2v) is 7.83. The number of rotatable bonds is 3. The number of carbonyl (C=O) groups excluding carboxylic acids is 1. The van der Waals surface area contributed by atoms with E-state index in [-0.39, 0.29) is 11.9 Å². The van der Waals surface area contributed by atoms with Crippen molar-refractivity contribution in [1.29, 1.82) is 0 Å². The Labute approximate surface area is 144 Å². The van der Waals surface area contributed by atoms with E-state index < -0.39 is 0 Å². The minimum Gasteiger partial charge on any atom is -0.346 e. The van der Waals surface area contributed by atoms with Gasteiger partial charge in [-0.2, -0.15) is 0 Å². The second kappa shape index (κ2) is 6.23. The third-order valence-corrected chi connectivity index (χ3v) is 5.89. The predicted octanol–water partition coefficient (Wildman–Crippen LogP) is 3.29. The minimum atomic E-state index is -0.0595. The largest absolute Gasteiger partial charge is 0.346 e. The van der Waals surface area contributed by atoms with Crippen LogP contribution in [-0.4, -0.2) is 41.5 Å². The van der Waals surface area contributed by atoms with Crippen molar-refractivity contribution in [2.45, 2.75) is 18.9 Å². The molecule has 120 valence electrons. The molecule has 1 aromatic carbocycles. The first-order chi connectivity index (χ1) is 11.2. The summed E-state index contributed by atoms with van der Waals surface area (Å²) >= 11 is 7.44. The molecule has 4 nitrogen and oxygen atoms in total. The summed E-state index contributed by atoms with van der Waals surface area (Å²) in [5.74, 6) is 0.683. The molecule has 2 aliphatic rings. The summed E-state index contributed by atoms with van der Waals surface area (Å²) in [4.78, 5) is 20.1. The first kappa shape index (κ1) is 15.1. The highest BCUT2D eigenvalue weighted by atomic mass is 35.5. The highest BCUT2D eigenvalue weighted by Crippen LogP contribution is 2.29. The Morgan fingerprint density at radius 3 is 3.13 bits per heavy atom. The van der Waals surface area contributed by atoms with E-state index in [0.29, 0.717) is 10.0 Å². The summed E-state index contributed by atoms with van der Waals surface area (Å²) in [6.07, 6.45) is 4.11. The van der Waals surface area contributed by atoms with Gasteiger partial charge in [0.1, 0.15) is 0 Å². The molecule has 6 heteroatoms. The Morgan fingerprint density at radius 2 is 2.30 bits per heavy atom. The summed E-state index contributed by atoms with van der Waals surface area (Å²) < 4.78 is 0. The van der Waals surface area contributed by atoms with Gasteiger partial charge in [-0.05, 0) is 43.0 Å². The van der Waals surface area contributed by atoms with Crippen molar-refractivity contribution >= 4 is 28.8 Å². The molecule has 2 bridgehead atoms. The monoisotopic (exact) mass is 347 g/mol. The zero-order valence-corrected chi connectivity index (χ0v) is 14.2. The van der Waals surface area contributed by atoms with Crippen LogP contribution >= 0.6 is 22.9 Å². The van der Waals surface area contributed by atoms with Crippen molar-refractivity contribution in [2.24, 2.45) is 5.92 Å². The standard InChI is InChI=1S/C17H18ClN3OS/c18-13-3-1-2-12(7-13)15-8-19-17(23-15)16(22)20-14-6-11-4-5-21(9-11)10-14/h1-3,7-8,11,14H,4-6,9-10H2,(H,20,22)/t11-,14-/m1/s1. The number of nitrogens with zero attached hydrogens (tertiary/aromatic N) is 2. The second-order valence-electron chi connectivity index (χ2n) is 6.36. The molecular weight excluding hydrogens is 330 g/mol. The van der Waals surface area contributed by atoms with Crippen LogP contribution in [0.5, 0.6) is 0 Å². The Hall–Kier alpha value is -1.43. The number of thiazole rings is 1. The number of carbonyl (C=O) groups is 1. The molecule has 2 aromatic rings. The van der Waals surface area contributed by atoms with E-state index in [1.54, 1.807) is 6.20 Å². The summed E-state index contributed by atoms with van der Waals surface area (Å²) in [6.45, 7) is 3.34. The van der Waals surface area contributed by atoms with Gasteiger partial charge in [-0.25, -0.2) is 4.98 Å². The molecule has 2 saturated heterocycles. The van der Waals surface area contributed by atoms with Crippen molar-refractivity contribution in [1.82, 2.24) is 15.2 Å². The van der Waals surface area contributed by atoms with E-state index in [4.69, 9.17) is 11.6 Å². The minimum absolute atomic E-state index is 0.0595. The zero-order chi connectivity index (χ0) is 15.8. The molecule has 0 spiro atoms. The van der Waals surface area contributed by atoms with Gasteiger partial charge in [-0.3, -0.25) is 4.79 Å². The first-order valence-electron chi connectivity index (χ1n) is 7.92. The normalized spacial score (nSPS) is 26.2. The number of amides is 1. The molecule has 0 saturated carbocycles. The van der Waals surface area contributed by atoms with Gasteiger partial charge in [0, 0.05) is 30.4 Å². The molecular formula is C17H18ClN3OS. The van der Waals surface area contributed by atoms with Gasteiger partial charge in [0.05, 0.1) is 4.88 Å². The maximum atomic E-state index is 12.5. The van der Waals surface area contributed by atoms with Crippen LogP contribution < -0.4 is 5.32 Å². The van der Waals surface area contributed by atoms with Crippen molar-refractivity contribution in [3.8, 4) is 10.4 Å². The molecule has 0 aliphatic carbocycles. The van der Waals surface area contributed by atoms with Crippen molar-refractivity contribution < 1.29 is 4.79 Å². The Kier molecular flexibility index (Phi) is 4.09. The lowest BCUT2D eigenvalue weighted by Gasteiger charge is -2.30. The maximum absolute atomic E-state index is 12.5. The summed E-state index contributed by atoms with van der Waals surface area (Å²) in [7, 11) is 0. The van der Waals surface area contributed by atoms with Crippen LogP contribution in [0.15, 0.2) is 30.5 Å². The Morgan fingerprint density at radius 1 is 1.39 bits per heavy atom. The molecule has 1 amide bonds. The molecule has 2 aliphatic heterocycles. The lowest BCUT2D eigenvalue weighted by Crippen LogP contribution is -2.46. The molecule has 23 heavy (non-hydrogen) atoms. The van der Waals surface area contributed by atoms with E-state index in [1.165, 1.54) is 30.8 Å². The van der Waals surface area contributed by atoms with Crippen LogP contribution in [0.4, 0.5) is 0 Å². The van der Waals surface area contributed by atoms with Gasteiger partial charge in [0.25, 0.3) is 5.91 Å². The topological polar surface area (TPSA) is 45.2 Å². The van der Waals surface area contributed by atoms with Crippen molar-refractivity contribution in [3.63, 3.8) is 0 Å². The van der Waals surface area contributed by atoms with Crippen LogP contribution in [0.1, 0.15) is 22.6 Å². The molecule has 2 fully saturated rings. The quantitative estimate of drug-likeness (QED) is 0.926. The lowest BCUT2D eigenvalue weighted by molar-refractivity contribution is 0.0909. The average molecular weight is 348 g/mol. The number of nitrogens with one attached hydrogen (secondary N) is 1. The summed E-state index contributed by atoms with van der Waals surface area (Å²) in [5.41, 5.74) is 0.996. The number of piperidine rings is 1. The van der Waals surface area contributed by atoms with Gasteiger partial charge < -0.3 is 10.2 Å². The number of hydrogen-bond acceptors (Lipinski definition) is 4. The molecule has 4 rings (SSSR count). The van der Waals surface area contributed by atoms with Crippen LogP contribution in [0.2, 0.25) is 5.02 Å². The van der Waals surface area contributed by atoms with E-state index in [9.17, 15) is 4.79 Å². The van der Waals surface area contributed by atoms with E-state index >= 15 is 0 Å². The van der Waals surface area contributed by atoms with Crippen molar-refractivity contribution in [2.75, 3.05) is 19.6 Å². The third kappa shape index (κ3) is 3.27. The number of hydrogen-bond donors (Lipinski definition) is 1. The fourth-order valence-corrected chi connectivity index (χ4v) is 4.57. The van der Waals surface area contributed by atoms with Gasteiger partial charge in [0.2, 0.25) is 0 Å². The summed E-state index contributed by atoms with van der Waals surface area (Å²) in [5, 5.41) is 4.36. The van der Waals surface area contributed by atoms with Crippen LogP contribution in [-0.2, 0) is 0 Å². The van der Waals surface area contributed by atoms with E-state index in [2.05, 4.69) is 15.2 Å². The van der Waals surface area contributed by atoms with Crippen molar-refractivity contribution in [3.05, 3.63) is 40.5 Å². The average Bonchev–Trinajstić information content (AvgIpc) is 3.14. The number of benzene rings is 1. The number of aromatic nitrogens is 1. The zero-order valence-electron chi connectivity index (χ0n) is 12.7. The van der Waals surface area contributed by atoms with E-state index in [0.717, 1.165) is 29.3 Å². The molecule has 1 N–H and O–H groups in total. The van der Waals surface area contributed by atoms with E-state index in [1.807, 2.05) is 24.3 Å². The van der Waals surface area contributed by atoms with Gasteiger partial charge in [0.15, 0.2) is 5.01 Å². The predicted molar refractivity (Wildman–Crippen MR) is 93.0 cm³/mol. The Balaban J connectivity index is 1.45. The SMILES string of the molecule is O=C(N[C@@H]1C[C@H]2CCN(C2)C1)c1ncc(-c2cccc(Cl)c2)s1. The highest BCUT2D eigenvalue weighted by molar-refractivity contribution is 7.17. The fourth-order valence-electron chi connectivity index (χ4n) is 3.57. The molecule has 1 aromatic heterocycles. The first-order valence-corrected chi connectivity index (χ1v) is 9.12.